The number of hydrogen-bond acceptors (Lipinski definition) is 4. The van der Waals surface area contributed by atoms with E-state index in [1.165, 1.54) is 49.4 Å². The van der Waals surface area contributed by atoms with Gasteiger partial charge in [-0.05, 0) is 50.0 Å². The Kier molecular flexibility index (Phi) is 3.58. The lowest BCUT2D eigenvalue weighted by Crippen LogP contribution is -2.57. The molecule has 0 aliphatic carbocycles. The number of hydrogen-bond donors (Lipinski definition) is 1. The number of halogens is 1. The van der Waals surface area contributed by atoms with E-state index in [2.05, 4.69) is 15.2 Å². The van der Waals surface area contributed by atoms with Crippen molar-refractivity contribution < 1.29 is 9.18 Å². The number of piperidine rings is 3. The van der Waals surface area contributed by atoms with E-state index in [4.69, 9.17) is 0 Å². The highest BCUT2D eigenvalue weighted by atomic mass is 32.1. The molecule has 1 N–H and O–H groups in total. The third-order valence-corrected chi connectivity index (χ3v) is 5.73. The summed E-state index contributed by atoms with van der Waals surface area (Å²) in [6.45, 7) is 3.31. The lowest BCUT2D eigenvalue weighted by atomic mass is 9.84. The van der Waals surface area contributed by atoms with Gasteiger partial charge in [-0.25, -0.2) is 9.37 Å². The highest BCUT2D eigenvalue weighted by Crippen LogP contribution is 2.28. The molecular weight excluding hydrogens is 301 g/mol. The molecule has 4 heterocycles. The number of carbonyl (C=O) groups excluding carboxylic acids is 1. The van der Waals surface area contributed by atoms with Crippen LogP contribution in [0.15, 0.2) is 18.2 Å². The van der Waals surface area contributed by atoms with Gasteiger partial charge in [0, 0.05) is 12.6 Å². The minimum Gasteiger partial charge on any atom is -0.351 e. The molecule has 3 fully saturated rings. The molecule has 0 spiro atoms. The summed E-state index contributed by atoms with van der Waals surface area (Å²) in [7, 11) is 0. The highest BCUT2D eigenvalue weighted by molar-refractivity contribution is 7.18. The van der Waals surface area contributed by atoms with Gasteiger partial charge in [-0.1, -0.05) is 0 Å². The standard InChI is InChI=1S/C16H18FN3OS/c17-11-1-2-12-14(7-11)22-16(19-12)8-15(21)18-13-9-20-5-3-10(13)4-6-20/h1-2,7,10,13H,3-6,8-9H2,(H,18,21)/t13-/m0/s1. The smallest absolute Gasteiger partial charge is 0.227 e. The first-order chi connectivity index (χ1) is 10.7. The van der Waals surface area contributed by atoms with Crippen molar-refractivity contribution in [2.45, 2.75) is 25.3 Å². The van der Waals surface area contributed by atoms with E-state index in [-0.39, 0.29) is 24.2 Å². The van der Waals surface area contributed by atoms with Crippen LogP contribution in [0.2, 0.25) is 0 Å². The predicted octanol–water partition coefficient (Wildman–Crippen LogP) is 2.19. The molecule has 5 rings (SSSR count). The van der Waals surface area contributed by atoms with Crippen molar-refractivity contribution in [3.8, 4) is 0 Å². The van der Waals surface area contributed by atoms with Gasteiger partial charge >= 0.3 is 0 Å². The van der Waals surface area contributed by atoms with Gasteiger partial charge in [0.15, 0.2) is 0 Å². The Balaban J connectivity index is 1.42. The van der Waals surface area contributed by atoms with Crippen molar-refractivity contribution in [1.82, 2.24) is 15.2 Å². The minimum absolute atomic E-state index is 0.0262. The summed E-state index contributed by atoms with van der Waals surface area (Å²) < 4.78 is 14.0. The van der Waals surface area contributed by atoms with Crippen LogP contribution in [0.4, 0.5) is 4.39 Å². The van der Waals surface area contributed by atoms with Crippen LogP contribution in [0.5, 0.6) is 0 Å². The van der Waals surface area contributed by atoms with Crippen molar-refractivity contribution in [1.29, 1.82) is 0 Å². The summed E-state index contributed by atoms with van der Waals surface area (Å²) >= 11 is 1.39. The fourth-order valence-electron chi connectivity index (χ4n) is 3.55. The van der Waals surface area contributed by atoms with Crippen LogP contribution in [0, 0.1) is 11.7 Å². The first-order valence-electron chi connectivity index (χ1n) is 7.74. The normalized spacial score (nSPS) is 27.2. The topological polar surface area (TPSA) is 45.2 Å². The fourth-order valence-corrected chi connectivity index (χ4v) is 4.54. The molecular formula is C16H18FN3OS. The maximum atomic E-state index is 13.2. The molecule has 0 radical (unpaired) electrons. The maximum Gasteiger partial charge on any atom is 0.227 e. The molecule has 1 atom stereocenters. The predicted molar refractivity (Wildman–Crippen MR) is 84.4 cm³/mol. The summed E-state index contributed by atoms with van der Waals surface area (Å²) in [5.41, 5.74) is 0.761. The second-order valence-electron chi connectivity index (χ2n) is 6.21. The second-order valence-corrected chi connectivity index (χ2v) is 7.32. The molecule has 4 nitrogen and oxygen atoms in total. The molecule has 2 aromatic rings. The van der Waals surface area contributed by atoms with Crippen molar-refractivity contribution in [3.05, 3.63) is 29.0 Å². The number of benzene rings is 1. The van der Waals surface area contributed by atoms with Gasteiger partial charge in [0.2, 0.25) is 5.91 Å². The molecule has 3 saturated heterocycles. The van der Waals surface area contributed by atoms with E-state index in [0.29, 0.717) is 5.92 Å². The van der Waals surface area contributed by atoms with Crippen LogP contribution in [-0.2, 0) is 11.2 Å². The zero-order chi connectivity index (χ0) is 15.1. The molecule has 1 aromatic heterocycles. The number of carbonyl (C=O) groups is 1. The summed E-state index contributed by atoms with van der Waals surface area (Å²) in [6, 6.07) is 4.82. The molecule has 22 heavy (non-hydrogen) atoms. The Labute approximate surface area is 132 Å². The molecule has 1 aromatic carbocycles. The lowest BCUT2D eigenvalue weighted by Gasteiger charge is -2.44. The maximum absolute atomic E-state index is 13.2. The van der Waals surface area contributed by atoms with Crippen LogP contribution in [-0.4, -0.2) is 41.5 Å². The first-order valence-corrected chi connectivity index (χ1v) is 8.56. The third kappa shape index (κ3) is 2.73. The number of nitrogens with one attached hydrogen (secondary N) is 1. The summed E-state index contributed by atoms with van der Waals surface area (Å²) in [5.74, 6) is 0.385. The summed E-state index contributed by atoms with van der Waals surface area (Å²) in [5, 5.41) is 3.92. The zero-order valence-electron chi connectivity index (χ0n) is 12.2. The second kappa shape index (κ2) is 5.59. The van der Waals surface area contributed by atoms with Crippen molar-refractivity contribution in [2.24, 2.45) is 5.92 Å². The molecule has 1 amide bonds. The monoisotopic (exact) mass is 319 g/mol. The summed E-state index contributed by atoms with van der Waals surface area (Å²) in [6.07, 6.45) is 2.65. The molecule has 2 bridgehead atoms. The van der Waals surface area contributed by atoms with Gasteiger partial charge in [-0.3, -0.25) is 4.79 Å². The number of amides is 1. The van der Waals surface area contributed by atoms with E-state index >= 15 is 0 Å². The summed E-state index contributed by atoms with van der Waals surface area (Å²) in [4.78, 5) is 19.1. The molecule has 116 valence electrons. The average Bonchev–Trinajstić information content (AvgIpc) is 2.89. The SMILES string of the molecule is O=C(Cc1nc2ccc(F)cc2s1)N[C@H]1CN2CCC1CC2. The quantitative estimate of drug-likeness (QED) is 0.943. The average molecular weight is 319 g/mol. The lowest BCUT2D eigenvalue weighted by molar-refractivity contribution is -0.122. The Morgan fingerprint density at radius 3 is 2.95 bits per heavy atom. The van der Waals surface area contributed by atoms with Gasteiger partial charge < -0.3 is 10.2 Å². The molecule has 0 unspecified atom stereocenters. The van der Waals surface area contributed by atoms with E-state index in [1.807, 2.05) is 0 Å². The molecule has 3 aliphatic heterocycles. The number of rotatable bonds is 3. The van der Waals surface area contributed by atoms with Crippen molar-refractivity contribution in [3.63, 3.8) is 0 Å². The van der Waals surface area contributed by atoms with Gasteiger partial charge in [-0.2, -0.15) is 0 Å². The van der Waals surface area contributed by atoms with E-state index < -0.39 is 0 Å². The Morgan fingerprint density at radius 2 is 2.23 bits per heavy atom. The van der Waals surface area contributed by atoms with Crippen LogP contribution in [0.25, 0.3) is 10.2 Å². The van der Waals surface area contributed by atoms with Gasteiger partial charge in [-0.15, -0.1) is 11.3 Å². The van der Waals surface area contributed by atoms with Crippen LogP contribution >= 0.6 is 11.3 Å². The van der Waals surface area contributed by atoms with Gasteiger partial charge in [0.1, 0.15) is 10.8 Å². The van der Waals surface area contributed by atoms with Crippen LogP contribution in [0.3, 0.4) is 0 Å². The zero-order valence-corrected chi connectivity index (χ0v) is 13.0. The molecule has 6 heteroatoms. The fraction of sp³-hybridized carbons (Fsp3) is 0.500. The van der Waals surface area contributed by atoms with E-state index in [0.717, 1.165) is 21.8 Å². The van der Waals surface area contributed by atoms with Crippen LogP contribution in [0.1, 0.15) is 17.8 Å². The van der Waals surface area contributed by atoms with Gasteiger partial charge in [0.25, 0.3) is 0 Å². The molecule has 3 aliphatic rings. The Hall–Kier alpha value is -1.53. The van der Waals surface area contributed by atoms with Crippen LogP contribution < -0.4 is 5.32 Å². The Morgan fingerprint density at radius 1 is 1.41 bits per heavy atom. The molecule has 0 saturated carbocycles. The number of aromatic nitrogens is 1. The number of fused-ring (bicyclic) bond motifs is 4. The number of thiazole rings is 1. The Bertz CT molecular complexity index is 708. The highest BCUT2D eigenvalue weighted by Gasteiger charge is 2.34. The van der Waals surface area contributed by atoms with Gasteiger partial charge in [0.05, 0.1) is 16.6 Å². The van der Waals surface area contributed by atoms with E-state index in [9.17, 15) is 9.18 Å². The van der Waals surface area contributed by atoms with Crippen molar-refractivity contribution >= 4 is 27.5 Å². The minimum atomic E-state index is -0.264. The third-order valence-electron chi connectivity index (χ3n) is 4.71. The largest absolute Gasteiger partial charge is 0.351 e. The first kappa shape index (κ1) is 14.1. The van der Waals surface area contributed by atoms with Crippen molar-refractivity contribution in [2.75, 3.05) is 19.6 Å². The number of nitrogens with zero attached hydrogens (tertiary/aromatic N) is 2. The van der Waals surface area contributed by atoms with E-state index in [1.54, 1.807) is 6.07 Å².